The lowest BCUT2D eigenvalue weighted by molar-refractivity contribution is -0.118. The highest BCUT2D eigenvalue weighted by molar-refractivity contribution is 6.30. The lowest BCUT2D eigenvalue weighted by Crippen LogP contribution is -2.20. The Balaban J connectivity index is 1.64. The molecule has 1 aromatic heterocycles. The second kappa shape index (κ2) is 7.19. The van der Waals surface area contributed by atoms with Gasteiger partial charge in [-0.2, -0.15) is 0 Å². The Labute approximate surface area is 144 Å². The van der Waals surface area contributed by atoms with Gasteiger partial charge in [0.15, 0.2) is 6.61 Å². The van der Waals surface area contributed by atoms with Crippen molar-refractivity contribution in [1.29, 1.82) is 0 Å². The second-order valence-corrected chi connectivity index (χ2v) is 5.66. The summed E-state index contributed by atoms with van der Waals surface area (Å²) >= 11 is 5.88. The summed E-state index contributed by atoms with van der Waals surface area (Å²) in [5.41, 5.74) is 2.65. The number of carbonyl (C=O) groups is 1. The van der Waals surface area contributed by atoms with Crippen molar-refractivity contribution in [1.82, 2.24) is 5.16 Å². The van der Waals surface area contributed by atoms with Gasteiger partial charge in [-0.25, -0.2) is 0 Å². The zero-order valence-electron chi connectivity index (χ0n) is 13.0. The molecule has 1 N–H and O–H groups in total. The first-order valence-electron chi connectivity index (χ1n) is 7.32. The number of aryl methyl sites for hydroxylation is 1. The number of rotatable bonds is 5. The van der Waals surface area contributed by atoms with Crippen molar-refractivity contribution in [3.05, 3.63) is 65.3 Å². The molecule has 1 heterocycles. The van der Waals surface area contributed by atoms with Crippen LogP contribution in [-0.4, -0.2) is 17.7 Å². The zero-order valence-corrected chi connectivity index (χ0v) is 13.7. The Hall–Kier alpha value is -2.79. The molecule has 0 spiro atoms. The van der Waals surface area contributed by atoms with Gasteiger partial charge in [0.2, 0.25) is 5.88 Å². The first kappa shape index (κ1) is 16.1. The van der Waals surface area contributed by atoms with E-state index in [1.807, 2.05) is 43.3 Å². The van der Waals surface area contributed by atoms with E-state index in [2.05, 4.69) is 10.5 Å². The standard InChI is InChI=1S/C18H15ClN2O3/c1-12-2-8-15(9-3-12)23-11-17(22)21-18-16(10-20-24-18)13-4-6-14(19)7-5-13/h2-10H,11H2,1H3,(H,21,22). The number of ether oxygens (including phenoxy) is 1. The number of nitrogens with one attached hydrogen (secondary N) is 1. The predicted molar refractivity (Wildman–Crippen MR) is 92.3 cm³/mol. The molecular formula is C18H15ClN2O3. The van der Waals surface area contributed by atoms with E-state index in [1.54, 1.807) is 18.3 Å². The molecule has 122 valence electrons. The van der Waals surface area contributed by atoms with Crippen LogP contribution in [0.2, 0.25) is 5.02 Å². The van der Waals surface area contributed by atoms with Gasteiger partial charge in [-0.3, -0.25) is 10.1 Å². The Bertz CT molecular complexity index is 826. The highest BCUT2D eigenvalue weighted by atomic mass is 35.5. The number of nitrogens with zero attached hydrogens (tertiary/aromatic N) is 1. The minimum Gasteiger partial charge on any atom is -0.484 e. The van der Waals surface area contributed by atoms with Crippen molar-refractivity contribution in [2.45, 2.75) is 6.92 Å². The van der Waals surface area contributed by atoms with Crippen molar-refractivity contribution in [2.75, 3.05) is 11.9 Å². The number of carbonyl (C=O) groups excluding carboxylic acids is 1. The number of anilines is 1. The fourth-order valence-electron chi connectivity index (χ4n) is 2.11. The smallest absolute Gasteiger partial charge is 0.264 e. The average Bonchev–Trinajstić information content (AvgIpc) is 3.03. The monoisotopic (exact) mass is 342 g/mol. The summed E-state index contributed by atoms with van der Waals surface area (Å²) in [6, 6.07) is 14.6. The van der Waals surface area contributed by atoms with E-state index in [-0.39, 0.29) is 18.4 Å². The SMILES string of the molecule is Cc1ccc(OCC(=O)Nc2oncc2-c2ccc(Cl)cc2)cc1. The fraction of sp³-hybridized carbons (Fsp3) is 0.111. The van der Waals surface area contributed by atoms with Gasteiger partial charge < -0.3 is 9.26 Å². The van der Waals surface area contributed by atoms with Crippen molar-refractivity contribution in [3.8, 4) is 16.9 Å². The molecule has 1 amide bonds. The summed E-state index contributed by atoms with van der Waals surface area (Å²) in [4.78, 5) is 12.0. The van der Waals surface area contributed by atoms with Crippen molar-refractivity contribution >= 4 is 23.4 Å². The number of benzene rings is 2. The summed E-state index contributed by atoms with van der Waals surface area (Å²) in [5, 5.41) is 7.03. The van der Waals surface area contributed by atoms with E-state index in [0.29, 0.717) is 16.3 Å². The minimum atomic E-state index is -0.331. The third kappa shape index (κ3) is 3.94. The lowest BCUT2D eigenvalue weighted by Gasteiger charge is -2.07. The molecule has 0 aliphatic carbocycles. The summed E-state index contributed by atoms with van der Waals surface area (Å²) < 4.78 is 10.6. The van der Waals surface area contributed by atoms with Crippen LogP contribution in [0.25, 0.3) is 11.1 Å². The summed E-state index contributed by atoms with van der Waals surface area (Å²) in [6.45, 7) is 1.86. The van der Waals surface area contributed by atoms with Crippen LogP contribution in [0.4, 0.5) is 5.88 Å². The van der Waals surface area contributed by atoms with Gasteiger partial charge in [0.1, 0.15) is 5.75 Å². The van der Waals surface area contributed by atoms with Gasteiger partial charge >= 0.3 is 0 Å². The van der Waals surface area contributed by atoms with Crippen LogP contribution in [0.15, 0.2) is 59.3 Å². The summed E-state index contributed by atoms with van der Waals surface area (Å²) in [7, 11) is 0. The second-order valence-electron chi connectivity index (χ2n) is 5.23. The number of halogens is 1. The molecule has 2 aromatic carbocycles. The van der Waals surface area contributed by atoms with E-state index >= 15 is 0 Å². The number of aromatic nitrogens is 1. The van der Waals surface area contributed by atoms with E-state index in [9.17, 15) is 4.79 Å². The fourth-order valence-corrected chi connectivity index (χ4v) is 2.24. The Kier molecular flexibility index (Phi) is 4.82. The highest BCUT2D eigenvalue weighted by Crippen LogP contribution is 2.28. The van der Waals surface area contributed by atoms with Crippen LogP contribution < -0.4 is 10.1 Å². The largest absolute Gasteiger partial charge is 0.484 e. The predicted octanol–water partition coefficient (Wildman–Crippen LogP) is 4.32. The van der Waals surface area contributed by atoms with Gasteiger partial charge in [0, 0.05) is 5.02 Å². The van der Waals surface area contributed by atoms with Gasteiger partial charge in [-0.1, -0.05) is 46.6 Å². The Morgan fingerprint density at radius 3 is 2.58 bits per heavy atom. The molecule has 5 nitrogen and oxygen atoms in total. The molecule has 6 heteroatoms. The maximum atomic E-state index is 12.0. The zero-order chi connectivity index (χ0) is 16.9. The molecule has 0 unspecified atom stereocenters. The van der Waals surface area contributed by atoms with Crippen molar-refractivity contribution in [3.63, 3.8) is 0 Å². The average molecular weight is 343 g/mol. The first-order chi connectivity index (χ1) is 11.6. The maximum Gasteiger partial charge on any atom is 0.264 e. The molecule has 3 aromatic rings. The first-order valence-corrected chi connectivity index (χ1v) is 7.69. The van der Waals surface area contributed by atoms with Crippen LogP contribution >= 0.6 is 11.6 Å². The van der Waals surface area contributed by atoms with Gasteiger partial charge in [0.25, 0.3) is 5.91 Å². The van der Waals surface area contributed by atoms with Crippen molar-refractivity contribution < 1.29 is 14.1 Å². The van der Waals surface area contributed by atoms with E-state index in [4.69, 9.17) is 20.9 Å². The Morgan fingerprint density at radius 1 is 1.17 bits per heavy atom. The number of hydrogen-bond donors (Lipinski definition) is 1. The number of hydrogen-bond acceptors (Lipinski definition) is 4. The Morgan fingerprint density at radius 2 is 1.88 bits per heavy atom. The van der Waals surface area contributed by atoms with Gasteiger partial charge in [-0.05, 0) is 36.8 Å². The van der Waals surface area contributed by atoms with Gasteiger partial charge in [0.05, 0.1) is 11.8 Å². The van der Waals surface area contributed by atoms with Crippen molar-refractivity contribution in [2.24, 2.45) is 0 Å². The third-order valence-electron chi connectivity index (χ3n) is 3.37. The van der Waals surface area contributed by atoms with E-state index in [1.165, 1.54) is 0 Å². The molecule has 0 aliphatic rings. The van der Waals surface area contributed by atoms with Crippen LogP contribution in [0, 0.1) is 6.92 Å². The van der Waals surface area contributed by atoms with Gasteiger partial charge in [-0.15, -0.1) is 0 Å². The molecule has 0 saturated heterocycles. The topological polar surface area (TPSA) is 64.4 Å². The van der Waals surface area contributed by atoms with Crippen LogP contribution in [0.1, 0.15) is 5.56 Å². The molecule has 0 fully saturated rings. The van der Waals surface area contributed by atoms with E-state index in [0.717, 1.165) is 11.1 Å². The maximum absolute atomic E-state index is 12.0. The molecule has 3 rings (SSSR count). The summed E-state index contributed by atoms with van der Waals surface area (Å²) in [5.74, 6) is 0.573. The summed E-state index contributed by atoms with van der Waals surface area (Å²) in [6.07, 6.45) is 1.54. The van der Waals surface area contributed by atoms with Crippen LogP contribution in [0.3, 0.4) is 0 Å². The third-order valence-corrected chi connectivity index (χ3v) is 3.62. The normalized spacial score (nSPS) is 10.4. The quantitative estimate of drug-likeness (QED) is 0.750. The molecular weight excluding hydrogens is 328 g/mol. The van der Waals surface area contributed by atoms with Crippen LogP contribution in [-0.2, 0) is 4.79 Å². The molecule has 0 aliphatic heterocycles. The van der Waals surface area contributed by atoms with E-state index < -0.39 is 0 Å². The molecule has 0 radical (unpaired) electrons. The van der Waals surface area contributed by atoms with Crippen LogP contribution in [0.5, 0.6) is 5.75 Å². The number of amides is 1. The molecule has 0 bridgehead atoms. The minimum absolute atomic E-state index is 0.121. The molecule has 0 saturated carbocycles. The lowest BCUT2D eigenvalue weighted by atomic mass is 10.1. The molecule has 24 heavy (non-hydrogen) atoms. The molecule has 0 atom stereocenters. The highest BCUT2D eigenvalue weighted by Gasteiger charge is 2.14.